The normalized spacial score (nSPS) is 14.3. The lowest BCUT2D eigenvalue weighted by atomic mass is 10.1. The lowest BCUT2D eigenvalue weighted by molar-refractivity contribution is -0.139. The van der Waals surface area contributed by atoms with Gasteiger partial charge in [-0.1, -0.05) is 70.2 Å². The molecule has 0 radical (unpaired) electrons. The van der Waals surface area contributed by atoms with Crippen molar-refractivity contribution >= 4 is 55.1 Å². The van der Waals surface area contributed by atoms with E-state index in [9.17, 15) is 18.0 Å². The molecule has 0 aliphatic heterocycles. The number of rotatable bonds is 11. The van der Waals surface area contributed by atoms with Crippen LogP contribution in [0.1, 0.15) is 43.7 Å². The first-order valence-electron chi connectivity index (χ1n) is 13.8. The van der Waals surface area contributed by atoms with Crippen molar-refractivity contribution in [3.63, 3.8) is 0 Å². The molecule has 1 saturated carbocycles. The van der Waals surface area contributed by atoms with Crippen LogP contribution in [0.25, 0.3) is 0 Å². The highest BCUT2D eigenvalue weighted by Crippen LogP contribution is 2.35. The van der Waals surface area contributed by atoms with E-state index in [0.29, 0.717) is 0 Å². The summed E-state index contributed by atoms with van der Waals surface area (Å²) in [5.41, 5.74) is 1.80. The largest absolute Gasteiger partial charge is 0.495 e. The second-order valence-electron chi connectivity index (χ2n) is 10.5. The average Bonchev–Trinajstić information content (AvgIpc) is 3.48. The monoisotopic (exact) mass is 675 g/mol. The second-order valence-corrected chi connectivity index (χ2v) is 13.7. The highest BCUT2D eigenvalue weighted by atomic mass is 79.9. The van der Waals surface area contributed by atoms with Gasteiger partial charge in [-0.2, -0.15) is 0 Å². The zero-order chi connectivity index (χ0) is 30.4. The van der Waals surface area contributed by atoms with Crippen LogP contribution in [0.3, 0.4) is 0 Å². The topological polar surface area (TPSA) is 96.0 Å². The minimum absolute atomic E-state index is 0.00872. The van der Waals surface area contributed by atoms with Gasteiger partial charge in [0.2, 0.25) is 11.8 Å². The second kappa shape index (κ2) is 13.9. The Bertz CT molecular complexity index is 1510. The zero-order valence-corrected chi connectivity index (χ0v) is 27.0. The van der Waals surface area contributed by atoms with Crippen LogP contribution in [0.4, 0.5) is 5.69 Å². The van der Waals surface area contributed by atoms with Gasteiger partial charge in [-0.25, -0.2) is 8.42 Å². The molecule has 0 aromatic heterocycles. The Hall–Kier alpha value is -3.08. The van der Waals surface area contributed by atoms with E-state index in [4.69, 9.17) is 16.3 Å². The molecule has 1 fully saturated rings. The molecule has 11 heteroatoms. The van der Waals surface area contributed by atoms with Gasteiger partial charge in [0, 0.05) is 22.1 Å². The molecule has 1 aliphatic carbocycles. The summed E-state index contributed by atoms with van der Waals surface area (Å²) in [4.78, 5) is 28.9. The molecule has 1 atom stereocenters. The van der Waals surface area contributed by atoms with Crippen molar-refractivity contribution in [2.24, 2.45) is 0 Å². The van der Waals surface area contributed by atoms with Crippen molar-refractivity contribution in [1.82, 2.24) is 10.2 Å². The van der Waals surface area contributed by atoms with Crippen molar-refractivity contribution < 1.29 is 22.7 Å². The van der Waals surface area contributed by atoms with E-state index in [1.807, 2.05) is 31.2 Å². The van der Waals surface area contributed by atoms with Crippen LogP contribution in [0.5, 0.6) is 5.75 Å². The summed E-state index contributed by atoms with van der Waals surface area (Å²) >= 11 is 9.73. The molecule has 224 valence electrons. The van der Waals surface area contributed by atoms with Crippen molar-refractivity contribution in [3.05, 3.63) is 87.4 Å². The van der Waals surface area contributed by atoms with E-state index < -0.39 is 28.5 Å². The van der Waals surface area contributed by atoms with E-state index in [-0.39, 0.29) is 39.8 Å². The van der Waals surface area contributed by atoms with Gasteiger partial charge in [0.05, 0.1) is 17.7 Å². The van der Waals surface area contributed by atoms with Crippen molar-refractivity contribution in [2.45, 2.75) is 63.1 Å². The zero-order valence-electron chi connectivity index (χ0n) is 23.8. The van der Waals surface area contributed by atoms with E-state index in [1.165, 1.54) is 30.2 Å². The lowest BCUT2D eigenvalue weighted by Crippen LogP contribution is -2.52. The molecule has 3 aromatic rings. The number of methoxy groups -OCH3 is 1. The predicted octanol–water partition coefficient (Wildman–Crippen LogP) is 6.09. The first kappa shape index (κ1) is 31.8. The minimum atomic E-state index is -4.25. The number of halogens is 2. The first-order valence-corrected chi connectivity index (χ1v) is 16.4. The van der Waals surface area contributed by atoms with Gasteiger partial charge in [-0.3, -0.25) is 13.9 Å². The summed E-state index contributed by atoms with van der Waals surface area (Å²) in [6.45, 7) is 3.05. The fourth-order valence-electron chi connectivity index (χ4n) is 4.97. The number of hydrogen-bond acceptors (Lipinski definition) is 5. The van der Waals surface area contributed by atoms with Gasteiger partial charge in [-0.05, 0) is 74.7 Å². The summed E-state index contributed by atoms with van der Waals surface area (Å²) < 4.78 is 35.5. The smallest absolute Gasteiger partial charge is 0.264 e. The molecular weight excluding hydrogens is 642 g/mol. The summed E-state index contributed by atoms with van der Waals surface area (Å²) in [6, 6.07) is 17.6. The number of sulfonamides is 1. The van der Waals surface area contributed by atoms with E-state index >= 15 is 0 Å². The Morgan fingerprint density at radius 1 is 1.05 bits per heavy atom. The van der Waals surface area contributed by atoms with E-state index in [0.717, 1.165) is 45.6 Å². The van der Waals surface area contributed by atoms with Gasteiger partial charge in [0.25, 0.3) is 10.0 Å². The van der Waals surface area contributed by atoms with Crippen LogP contribution in [0.2, 0.25) is 5.02 Å². The van der Waals surface area contributed by atoms with Crippen molar-refractivity contribution in [3.8, 4) is 5.75 Å². The molecule has 0 heterocycles. The third-order valence-corrected chi connectivity index (χ3v) is 9.97. The fourth-order valence-corrected chi connectivity index (χ4v) is 6.82. The van der Waals surface area contributed by atoms with Crippen LogP contribution in [0.15, 0.2) is 76.1 Å². The number of hydrogen-bond donors (Lipinski definition) is 1. The highest BCUT2D eigenvalue weighted by Gasteiger charge is 2.34. The van der Waals surface area contributed by atoms with Gasteiger partial charge >= 0.3 is 0 Å². The number of amides is 2. The first-order chi connectivity index (χ1) is 20.0. The Morgan fingerprint density at radius 2 is 1.69 bits per heavy atom. The number of nitrogens with zero attached hydrogens (tertiary/aromatic N) is 2. The maximum Gasteiger partial charge on any atom is 0.264 e. The molecule has 4 rings (SSSR count). The highest BCUT2D eigenvalue weighted by molar-refractivity contribution is 9.10. The molecule has 1 N–H and O–H groups in total. The number of benzene rings is 3. The van der Waals surface area contributed by atoms with Crippen molar-refractivity contribution in [1.29, 1.82) is 0 Å². The Labute approximate surface area is 261 Å². The molecule has 0 spiro atoms. The van der Waals surface area contributed by atoms with Crippen LogP contribution in [-0.2, 0) is 26.2 Å². The van der Waals surface area contributed by atoms with Gasteiger partial charge in [-0.15, -0.1) is 0 Å². The molecule has 2 amide bonds. The van der Waals surface area contributed by atoms with Crippen LogP contribution in [-0.4, -0.2) is 50.9 Å². The predicted molar refractivity (Wildman–Crippen MR) is 168 cm³/mol. The number of ether oxygens (including phenoxy) is 1. The SMILES string of the molecule is COc1ccc(Cl)cc1N(CC(=O)N(Cc1ccc(Br)cc1)C(C)C(=O)NC1CCCC1)S(=O)(=O)c1ccc(C)cc1. The summed E-state index contributed by atoms with van der Waals surface area (Å²) in [5, 5.41) is 3.35. The van der Waals surface area contributed by atoms with Crippen LogP contribution in [0, 0.1) is 6.92 Å². The maximum absolute atomic E-state index is 14.2. The molecule has 3 aromatic carbocycles. The molecule has 42 heavy (non-hydrogen) atoms. The standard InChI is InChI=1S/C31H35BrClN3O5S/c1-21-8-15-27(16-9-21)42(39,40)36(28-18-25(33)14-17-29(28)41-3)20-30(37)35(19-23-10-12-24(32)13-11-23)22(2)31(38)34-26-6-4-5-7-26/h8-18,22,26H,4-7,19-20H2,1-3H3,(H,34,38). The van der Waals surface area contributed by atoms with Crippen LogP contribution < -0.4 is 14.4 Å². The quantitative estimate of drug-likeness (QED) is 0.265. The van der Waals surface area contributed by atoms with Gasteiger partial charge in [0.15, 0.2) is 0 Å². The molecular formula is C31H35BrClN3O5S. The number of nitrogens with one attached hydrogen (secondary N) is 1. The third kappa shape index (κ3) is 7.65. The Kier molecular flexibility index (Phi) is 10.6. The van der Waals surface area contributed by atoms with Crippen molar-refractivity contribution in [2.75, 3.05) is 18.0 Å². The van der Waals surface area contributed by atoms with Gasteiger partial charge < -0.3 is 15.0 Å². The third-order valence-electron chi connectivity index (χ3n) is 7.43. The molecule has 0 bridgehead atoms. The Morgan fingerprint density at radius 3 is 2.31 bits per heavy atom. The fraction of sp³-hybridized carbons (Fsp3) is 0.355. The number of carbonyl (C=O) groups excluding carboxylic acids is 2. The summed E-state index contributed by atoms with van der Waals surface area (Å²) in [5.74, 6) is -0.597. The summed E-state index contributed by atoms with van der Waals surface area (Å²) in [6.07, 6.45) is 3.90. The van der Waals surface area contributed by atoms with E-state index in [2.05, 4.69) is 21.2 Å². The molecule has 0 saturated heterocycles. The molecule has 1 aliphatic rings. The minimum Gasteiger partial charge on any atom is -0.495 e. The average molecular weight is 677 g/mol. The van der Waals surface area contributed by atoms with Crippen LogP contribution >= 0.6 is 27.5 Å². The van der Waals surface area contributed by atoms with E-state index in [1.54, 1.807) is 31.2 Å². The molecule has 1 unspecified atom stereocenters. The van der Waals surface area contributed by atoms with Gasteiger partial charge in [0.1, 0.15) is 18.3 Å². The number of carbonyl (C=O) groups is 2. The maximum atomic E-state index is 14.2. The number of aryl methyl sites for hydroxylation is 1. The number of anilines is 1. The Balaban J connectivity index is 1.73. The molecule has 8 nitrogen and oxygen atoms in total. The summed E-state index contributed by atoms with van der Waals surface area (Å²) in [7, 11) is -2.83. The lowest BCUT2D eigenvalue weighted by Gasteiger charge is -2.33.